The van der Waals surface area contributed by atoms with Gasteiger partial charge in [-0.05, 0) is 25.7 Å². The smallest absolute Gasteiger partial charge is 0.186 e. The lowest BCUT2D eigenvalue weighted by atomic mass is 9.95. The third-order valence-corrected chi connectivity index (χ3v) is 3.13. The molecule has 6 nitrogen and oxygen atoms in total. The van der Waals surface area contributed by atoms with Crippen LogP contribution >= 0.6 is 0 Å². The second-order valence-electron chi connectivity index (χ2n) is 5.67. The normalized spacial score (nSPS) is 37.6. The summed E-state index contributed by atoms with van der Waals surface area (Å²) in [5.74, 6) is 0.274. The Bertz CT molecular complexity index is 234. The maximum Gasteiger partial charge on any atom is 0.186 e. The second-order valence-corrected chi connectivity index (χ2v) is 5.67. The van der Waals surface area contributed by atoms with E-state index in [1.54, 1.807) is 6.92 Å². The maximum absolute atomic E-state index is 9.84. The topological polar surface area (TPSA) is 99.4 Å². The van der Waals surface area contributed by atoms with Crippen LogP contribution in [-0.4, -0.2) is 63.8 Å². The highest BCUT2D eigenvalue weighted by molar-refractivity contribution is 4.89. The molecule has 0 amide bonds. The molecule has 1 fully saturated rings. The summed E-state index contributed by atoms with van der Waals surface area (Å²) in [5.41, 5.74) is 0. The fourth-order valence-electron chi connectivity index (χ4n) is 1.99. The van der Waals surface area contributed by atoms with E-state index >= 15 is 0 Å². The van der Waals surface area contributed by atoms with E-state index in [4.69, 9.17) is 9.47 Å². The number of aliphatic hydroxyl groups is 4. The lowest BCUT2D eigenvalue weighted by Gasteiger charge is -2.40. The highest BCUT2D eigenvalue weighted by Crippen LogP contribution is 2.25. The number of hydrogen-bond acceptors (Lipinski definition) is 6. The summed E-state index contributed by atoms with van der Waals surface area (Å²) < 4.78 is 10.9. The minimum atomic E-state index is -1.30. The SMILES string of the molecule is CC(C)COC1O[C@H](CCC(C)O)[C@@H](O)[C@H](O)[C@H]1O. The van der Waals surface area contributed by atoms with Crippen molar-refractivity contribution in [2.24, 2.45) is 5.92 Å². The van der Waals surface area contributed by atoms with Gasteiger partial charge in [-0.25, -0.2) is 0 Å². The zero-order valence-electron chi connectivity index (χ0n) is 11.8. The van der Waals surface area contributed by atoms with Crippen molar-refractivity contribution in [1.82, 2.24) is 0 Å². The third kappa shape index (κ3) is 4.98. The molecule has 1 aliphatic rings. The van der Waals surface area contributed by atoms with Gasteiger partial charge in [-0.1, -0.05) is 13.8 Å². The van der Waals surface area contributed by atoms with Gasteiger partial charge >= 0.3 is 0 Å². The van der Waals surface area contributed by atoms with Crippen LogP contribution in [0.1, 0.15) is 33.6 Å². The highest BCUT2D eigenvalue weighted by atomic mass is 16.7. The number of hydrogen-bond donors (Lipinski definition) is 4. The Morgan fingerprint density at radius 1 is 1.05 bits per heavy atom. The average Bonchev–Trinajstić information content (AvgIpc) is 2.33. The van der Waals surface area contributed by atoms with Crippen LogP contribution in [0.2, 0.25) is 0 Å². The zero-order chi connectivity index (χ0) is 14.6. The van der Waals surface area contributed by atoms with E-state index in [-0.39, 0.29) is 5.92 Å². The molecule has 0 bridgehead atoms. The van der Waals surface area contributed by atoms with Crippen LogP contribution in [0, 0.1) is 5.92 Å². The van der Waals surface area contributed by atoms with Crippen LogP contribution < -0.4 is 0 Å². The van der Waals surface area contributed by atoms with Crippen LogP contribution in [0.3, 0.4) is 0 Å². The van der Waals surface area contributed by atoms with Crippen LogP contribution in [0.15, 0.2) is 0 Å². The molecule has 6 heteroatoms. The Balaban J connectivity index is 2.57. The molecule has 0 aromatic heterocycles. The highest BCUT2D eigenvalue weighted by Gasteiger charge is 2.44. The Labute approximate surface area is 114 Å². The molecule has 2 unspecified atom stereocenters. The molecule has 19 heavy (non-hydrogen) atoms. The first-order valence-electron chi connectivity index (χ1n) is 6.82. The minimum absolute atomic E-state index is 0.274. The quantitative estimate of drug-likeness (QED) is 0.529. The van der Waals surface area contributed by atoms with Crippen molar-refractivity contribution >= 4 is 0 Å². The molecule has 0 spiro atoms. The molecule has 1 saturated heterocycles. The summed E-state index contributed by atoms with van der Waals surface area (Å²) in [6.45, 7) is 5.97. The molecule has 1 heterocycles. The Morgan fingerprint density at radius 2 is 1.68 bits per heavy atom. The van der Waals surface area contributed by atoms with Gasteiger partial charge in [-0.15, -0.1) is 0 Å². The van der Waals surface area contributed by atoms with Gasteiger partial charge in [0.15, 0.2) is 6.29 Å². The van der Waals surface area contributed by atoms with E-state index < -0.39 is 36.8 Å². The van der Waals surface area contributed by atoms with Gasteiger partial charge < -0.3 is 29.9 Å². The standard InChI is InChI=1S/C13H26O6/c1-7(2)6-18-13-12(17)11(16)10(15)9(19-13)5-4-8(3)14/h7-17H,4-6H2,1-3H3/t8?,9-,10-,11+,12-,13?/m1/s1. The Hall–Kier alpha value is -0.240. The lowest BCUT2D eigenvalue weighted by molar-refractivity contribution is -0.299. The molecule has 4 N–H and O–H groups in total. The van der Waals surface area contributed by atoms with Gasteiger partial charge in [-0.3, -0.25) is 0 Å². The first-order chi connectivity index (χ1) is 8.82. The maximum atomic E-state index is 9.84. The van der Waals surface area contributed by atoms with Gasteiger partial charge in [0, 0.05) is 0 Å². The summed E-state index contributed by atoms with van der Waals surface area (Å²) in [5, 5.41) is 38.7. The molecule has 1 rings (SSSR count). The van der Waals surface area contributed by atoms with Crippen molar-refractivity contribution in [3.63, 3.8) is 0 Å². The molecule has 114 valence electrons. The van der Waals surface area contributed by atoms with E-state index in [9.17, 15) is 20.4 Å². The van der Waals surface area contributed by atoms with Crippen LogP contribution in [0.25, 0.3) is 0 Å². The molecular weight excluding hydrogens is 252 g/mol. The summed E-state index contributed by atoms with van der Waals surface area (Å²) in [6, 6.07) is 0. The third-order valence-electron chi connectivity index (χ3n) is 3.13. The predicted octanol–water partition coefficient (Wildman–Crippen LogP) is -0.372. The number of aliphatic hydroxyl groups excluding tert-OH is 4. The number of ether oxygens (including phenoxy) is 2. The van der Waals surface area contributed by atoms with Crippen molar-refractivity contribution in [2.45, 2.75) is 70.4 Å². The molecule has 0 saturated carbocycles. The van der Waals surface area contributed by atoms with E-state index in [0.717, 1.165) is 0 Å². The predicted molar refractivity (Wildman–Crippen MR) is 68.4 cm³/mol. The molecule has 0 aromatic carbocycles. The molecule has 6 atom stereocenters. The molecule has 0 aliphatic carbocycles. The van der Waals surface area contributed by atoms with Crippen molar-refractivity contribution in [2.75, 3.05) is 6.61 Å². The van der Waals surface area contributed by atoms with Crippen molar-refractivity contribution in [3.8, 4) is 0 Å². The Morgan fingerprint density at radius 3 is 2.21 bits per heavy atom. The van der Waals surface area contributed by atoms with E-state index in [0.29, 0.717) is 19.4 Å². The van der Waals surface area contributed by atoms with Crippen molar-refractivity contribution < 1.29 is 29.9 Å². The molecule has 0 aromatic rings. The van der Waals surface area contributed by atoms with E-state index in [2.05, 4.69) is 0 Å². The molecular formula is C13H26O6. The van der Waals surface area contributed by atoms with Gasteiger partial charge in [0.05, 0.1) is 18.8 Å². The van der Waals surface area contributed by atoms with Gasteiger partial charge in [0.1, 0.15) is 18.3 Å². The van der Waals surface area contributed by atoms with Crippen molar-refractivity contribution in [3.05, 3.63) is 0 Å². The average molecular weight is 278 g/mol. The summed E-state index contributed by atoms with van der Waals surface area (Å²) >= 11 is 0. The largest absolute Gasteiger partial charge is 0.393 e. The van der Waals surface area contributed by atoms with E-state index in [1.807, 2.05) is 13.8 Å². The van der Waals surface area contributed by atoms with Crippen LogP contribution in [0.5, 0.6) is 0 Å². The van der Waals surface area contributed by atoms with Gasteiger partial charge in [0.25, 0.3) is 0 Å². The minimum Gasteiger partial charge on any atom is -0.393 e. The summed E-state index contributed by atoms with van der Waals surface area (Å²) in [7, 11) is 0. The zero-order valence-corrected chi connectivity index (χ0v) is 11.8. The fraction of sp³-hybridized carbons (Fsp3) is 1.00. The van der Waals surface area contributed by atoms with Crippen molar-refractivity contribution in [1.29, 1.82) is 0 Å². The Kier molecular flexibility index (Phi) is 6.65. The first kappa shape index (κ1) is 16.8. The number of rotatable bonds is 6. The summed E-state index contributed by atoms with van der Waals surface area (Å²) in [4.78, 5) is 0. The monoisotopic (exact) mass is 278 g/mol. The fourth-order valence-corrected chi connectivity index (χ4v) is 1.99. The van der Waals surface area contributed by atoms with Gasteiger partial charge in [0.2, 0.25) is 0 Å². The molecule has 0 radical (unpaired) electrons. The van der Waals surface area contributed by atoms with Crippen LogP contribution in [0.4, 0.5) is 0 Å². The second kappa shape index (κ2) is 7.52. The molecule has 1 aliphatic heterocycles. The van der Waals surface area contributed by atoms with Crippen LogP contribution in [-0.2, 0) is 9.47 Å². The first-order valence-corrected chi connectivity index (χ1v) is 6.82. The summed E-state index contributed by atoms with van der Waals surface area (Å²) in [6.07, 6.45) is -5.00. The van der Waals surface area contributed by atoms with Gasteiger partial charge in [-0.2, -0.15) is 0 Å². The lowest BCUT2D eigenvalue weighted by Crippen LogP contribution is -2.58. The van der Waals surface area contributed by atoms with E-state index in [1.165, 1.54) is 0 Å².